The fourth-order valence-corrected chi connectivity index (χ4v) is 2.22. The molecular weight excluding hydrogens is 354 g/mol. The van der Waals surface area contributed by atoms with Crippen molar-refractivity contribution in [3.63, 3.8) is 0 Å². The summed E-state index contributed by atoms with van der Waals surface area (Å²) in [5.41, 5.74) is 0.721. The van der Waals surface area contributed by atoms with Crippen molar-refractivity contribution >= 4 is 23.3 Å². The number of amides is 1. The normalized spacial score (nSPS) is 9.81. The van der Waals surface area contributed by atoms with Gasteiger partial charge in [0.05, 0.1) is 23.3 Å². The second-order valence-corrected chi connectivity index (χ2v) is 5.43. The monoisotopic (exact) mass is 369 g/mol. The Morgan fingerprint density at radius 1 is 1.26 bits per heavy atom. The van der Waals surface area contributed by atoms with E-state index in [2.05, 4.69) is 5.32 Å². The van der Waals surface area contributed by atoms with Crippen LogP contribution in [0.25, 0.3) is 0 Å². The molecule has 9 nitrogen and oxygen atoms in total. The average molecular weight is 369 g/mol. The van der Waals surface area contributed by atoms with Crippen LogP contribution in [-0.4, -0.2) is 30.5 Å². The Bertz CT molecular complexity index is 949. The van der Waals surface area contributed by atoms with E-state index in [1.54, 1.807) is 31.2 Å². The number of rotatable bonds is 6. The van der Waals surface area contributed by atoms with Gasteiger partial charge in [0.2, 0.25) is 0 Å². The first-order chi connectivity index (χ1) is 12.8. The van der Waals surface area contributed by atoms with E-state index >= 15 is 0 Å². The van der Waals surface area contributed by atoms with Crippen LogP contribution < -0.4 is 10.1 Å². The Morgan fingerprint density at radius 3 is 2.63 bits per heavy atom. The van der Waals surface area contributed by atoms with Crippen LogP contribution in [-0.2, 0) is 9.53 Å². The first kappa shape index (κ1) is 19.4. The number of non-ortho nitro benzene ring substituents is 1. The second-order valence-electron chi connectivity index (χ2n) is 5.43. The topological polar surface area (TPSA) is 132 Å². The number of nitro benzene ring substituents is 1. The van der Waals surface area contributed by atoms with E-state index in [4.69, 9.17) is 14.7 Å². The third-order valence-electron chi connectivity index (χ3n) is 3.52. The molecule has 1 amide bonds. The summed E-state index contributed by atoms with van der Waals surface area (Å²) in [6.45, 7) is 1.19. The minimum atomic E-state index is -0.741. The highest BCUT2D eigenvalue weighted by molar-refractivity contribution is 5.97. The summed E-state index contributed by atoms with van der Waals surface area (Å²) >= 11 is 0. The molecule has 0 saturated heterocycles. The number of hydrogen-bond donors (Lipinski definition) is 1. The van der Waals surface area contributed by atoms with E-state index in [1.807, 2.05) is 0 Å². The Hall–Kier alpha value is -3.93. The Kier molecular flexibility index (Phi) is 6.06. The maximum absolute atomic E-state index is 12.2. The smallest absolute Gasteiger partial charge is 0.342 e. The predicted molar refractivity (Wildman–Crippen MR) is 94.5 cm³/mol. The van der Waals surface area contributed by atoms with Gasteiger partial charge in [0, 0.05) is 12.1 Å². The van der Waals surface area contributed by atoms with Crippen LogP contribution in [0.1, 0.15) is 21.5 Å². The van der Waals surface area contributed by atoms with Crippen molar-refractivity contribution in [3.8, 4) is 11.8 Å². The Balaban J connectivity index is 2.05. The summed E-state index contributed by atoms with van der Waals surface area (Å²) in [6, 6.07) is 10.1. The highest BCUT2D eigenvalue weighted by Gasteiger charge is 2.17. The van der Waals surface area contributed by atoms with Gasteiger partial charge in [-0.25, -0.2) is 4.79 Å². The van der Waals surface area contributed by atoms with Crippen LogP contribution in [0.2, 0.25) is 0 Å². The van der Waals surface area contributed by atoms with Crippen LogP contribution in [0.15, 0.2) is 36.4 Å². The molecule has 138 valence electrons. The van der Waals surface area contributed by atoms with E-state index in [1.165, 1.54) is 13.2 Å². The summed E-state index contributed by atoms with van der Waals surface area (Å²) < 4.78 is 10.1. The first-order valence-electron chi connectivity index (χ1n) is 7.66. The largest absolute Gasteiger partial charge is 0.496 e. The van der Waals surface area contributed by atoms with Gasteiger partial charge in [0.1, 0.15) is 17.4 Å². The predicted octanol–water partition coefficient (Wildman–Crippen LogP) is 2.58. The first-order valence-corrected chi connectivity index (χ1v) is 7.66. The van der Waals surface area contributed by atoms with Crippen molar-refractivity contribution in [1.82, 2.24) is 0 Å². The molecule has 0 unspecified atom stereocenters. The van der Waals surface area contributed by atoms with E-state index in [0.29, 0.717) is 5.75 Å². The van der Waals surface area contributed by atoms with E-state index < -0.39 is 23.4 Å². The number of nitrogens with zero attached hydrogens (tertiary/aromatic N) is 2. The molecule has 0 fully saturated rings. The van der Waals surface area contributed by atoms with Gasteiger partial charge in [-0.3, -0.25) is 14.9 Å². The van der Waals surface area contributed by atoms with Crippen LogP contribution in [0.3, 0.4) is 0 Å². The molecule has 0 aromatic heterocycles. The van der Waals surface area contributed by atoms with Crippen molar-refractivity contribution in [2.24, 2.45) is 0 Å². The standard InChI is InChI=1S/C18H15N3O6/c1-11-3-6-16(26-2)14(7-11)18(23)27-10-17(22)20-15-5-4-13(21(24)25)8-12(15)9-19/h3-8H,10H2,1-2H3,(H,20,22). The van der Waals surface area contributed by atoms with Crippen LogP contribution >= 0.6 is 0 Å². The summed E-state index contributed by atoms with van der Waals surface area (Å²) in [4.78, 5) is 34.2. The number of ether oxygens (including phenoxy) is 2. The lowest BCUT2D eigenvalue weighted by Gasteiger charge is -2.10. The molecule has 0 radical (unpaired) electrons. The molecule has 1 N–H and O–H groups in total. The fourth-order valence-electron chi connectivity index (χ4n) is 2.22. The van der Waals surface area contributed by atoms with E-state index in [0.717, 1.165) is 17.7 Å². The molecule has 2 aromatic carbocycles. The zero-order chi connectivity index (χ0) is 20.0. The molecule has 0 aliphatic heterocycles. The lowest BCUT2D eigenvalue weighted by molar-refractivity contribution is -0.384. The van der Waals surface area contributed by atoms with Crippen molar-refractivity contribution in [1.29, 1.82) is 5.26 Å². The third kappa shape index (κ3) is 4.79. The quantitative estimate of drug-likeness (QED) is 0.470. The zero-order valence-corrected chi connectivity index (χ0v) is 14.5. The van der Waals surface area contributed by atoms with Crippen LogP contribution in [0.5, 0.6) is 5.75 Å². The van der Waals surface area contributed by atoms with Crippen molar-refractivity contribution in [2.75, 3.05) is 19.0 Å². The molecule has 2 rings (SSSR count). The van der Waals surface area contributed by atoms with Gasteiger partial charge < -0.3 is 14.8 Å². The van der Waals surface area contributed by atoms with Gasteiger partial charge in [0.15, 0.2) is 6.61 Å². The SMILES string of the molecule is COc1ccc(C)cc1C(=O)OCC(=O)Nc1ccc([N+](=O)[O-])cc1C#N. The summed E-state index contributed by atoms with van der Waals surface area (Å²) in [5.74, 6) is -1.12. The molecule has 27 heavy (non-hydrogen) atoms. The van der Waals surface area contributed by atoms with E-state index in [9.17, 15) is 19.7 Å². The number of carbonyl (C=O) groups excluding carboxylic acids is 2. The molecule has 0 aliphatic rings. The number of nitro groups is 1. The lowest BCUT2D eigenvalue weighted by Crippen LogP contribution is -2.21. The Morgan fingerprint density at radius 2 is 2.00 bits per heavy atom. The minimum absolute atomic E-state index is 0.0794. The van der Waals surface area contributed by atoms with Gasteiger partial charge in [0.25, 0.3) is 11.6 Å². The molecule has 0 atom stereocenters. The number of anilines is 1. The second kappa shape index (κ2) is 8.44. The number of hydrogen-bond acceptors (Lipinski definition) is 7. The fraction of sp³-hybridized carbons (Fsp3) is 0.167. The summed E-state index contributed by atoms with van der Waals surface area (Å²) in [5, 5.41) is 22.2. The zero-order valence-electron chi connectivity index (χ0n) is 14.5. The average Bonchev–Trinajstić information content (AvgIpc) is 2.66. The number of carbonyl (C=O) groups is 2. The molecule has 0 aliphatic carbocycles. The molecule has 0 saturated carbocycles. The molecule has 9 heteroatoms. The van der Waals surface area contributed by atoms with Crippen molar-refractivity contribution in [2.45, 2.75) is 6.92 Å². The number of benzene rings is 2. The Labute approximate surface area is 154 Å². The van der Waals surface area contributed by atoms with Gasteiger partial charge in [-0.1, -0.05) is 11.6 Å². The highest BCUT2D eigenvalue weighted by atomic mass is 16.6. The van der Waals surface area contributed by atoms with Gasteiger partial charge in [-0.2, -0.15) is 5.26 Å². The van der Waals surface area contributed by atoms with Gasteiger partial charge >= 0.3 is 5.97 Å². The van der Waals surface area contributed by atoms with Crippen LogP contribution in [0, 0.1) is 28.4 Å². The van der Waals surface area contributed by atoms with Crippen molar-refractivity contribution in [3.05, 3.63) is 63.2 Å². The molecule has 0 bridgehead atoms. The number of esters is 1. The minimum Gasteiger partial charge on any atom is -0.496 e. The number of nitriles is 1. The number of nitrogens with one attached hydrogen (secondary N) is 1. The summed E-state index contributed by atoms with van der Waals surface area (Å²) in [6.07, 6.45) is 0. The maximum atomic E-state index is 12.2. The van der Waals surface area contributed by atoms with Crippen LogP contribution in [0.4, 0.5) is 11.4 Å². The third-order valence-corrected chi connectivity index (χ3v) is 3.52. The van der Waals surface area contributed by atoms with Gasteiger partial charge in [-0.05, 0) is 25.1 Å². The van der Waals surface area contributed by atoms with Crippen molar-refractivity contribution < 1.29 is 24.0 Å². The lowest BCUT2D eigenvalue weighted by atomic mass is 10.1. The van der Waals surface area contributed by atoms with E-state index in [-0.39, 0.29) is 22.5 Å². The number of aryl methyl sites for hydroxylation is 1. The van der Waals surface area contributed by atoms with Gasteiger partial charge in [-0.15, -0.1) is 0 Å². The molecule has 0 heterocycles. The number of methoxy groups -OCH3 is 1. The molecule has 0 spiro atoms. The highest BCUT2D eigenvalue weighted by Crippen LogP contribution is 2.22. The summed E-state index contributed by atoms with van der Waals surface area (Å²) in [7, 11) is 1.41. The molecular formula is C18H15N3O6. The molecule has 2 aromatic rings. The maximum Gasteiger partial charge on any atom is 0.342 e.